The van der Waals surface area contributed by atoms with Gasteiger partial charge in [-0.2, -0.15) is 5.26 Å². The van der Waals surface area contributed by atoms with Crippen molar-refractivity contribution in [2.24, 2.45) is 0 Å². The number of nitrogens with one attached hydrogen (secondary N) is 1. The number of ether oxygens (including phenoxy) is 1. The quantitative estimate of drug-likeness (QED) is 0.861. The van der Waals surface area contributed by atoms with E-state index in [1.54, 1.807) is 12.1 Å². The molecule has 0 unspecified atom stereocenters. The van der Waals surface area contributed by atoms with Crippen LogP contribution in [0.3, 0.4) is 0 Å². The van der Waals surface area contributed by atoms with E-state index in [1.165, 1.54) is 6.07 Å². The predicted molar refractivity (Wildman–Crippen MR) is 64.6 cm³/mol. The van der Waals surface area contributed by atoms with Crippen molar-refractivity contribution in [1.82, 2.24) is 5.32 Å². The minimum Gasteiger partial charge on any atom is -0.482 e. The van der Waals surface area contributed by atoms with E-state index in [1.807, 2.05) is 6.07 Å². The lowest BCUT2D eigenvalue weighted by Gasteiger charge is -2.41. The molecule has 0 amide bonds. The Labute approximate surface area is 109 Å². The van der Waals surface area contributed by atoms with Crippen LogP contribution in [-0.4, -0.2) is 29.8 Å². The Morgan fingerprint density at radius 1 is 1.61 bits per heavy atom. The van der Waals surface area contributed by atoms with E-state index in [0.717, 1.165) is 0 Å². The van der Waals surface area contributed by atoms with Crippen LogP contribution >= 0.6 is 11.6 Å². The molecular formula is C12H11ClN2O3. The number of hydrogen-bond donors (Lipinski definition) is 2. The molecule has 1 heterocycles. The van der Waals surface area contributed by atoms with Gasteiger partial charge in [0.2, 0.25) is 0 Å². The van der Waals surface area contributed by atoms with E-state index in [9.17, 15) is 4.79 Å². The third-order valence-electron chi connectivity index (χ3n) is 2.76. The topological polar surface area (TPSA) is 82.3 Å². The van der Waals surface area contributed by atoms with Crippen LogP contribution in [0.15, 0.2) is 18.2 Å². The SMILES string of the molecule is N#Cc1ccc(OC2(CC(=O)O)CNC2)c(Cl)c1. The zero-order valence-corrected chi connectivity index (χ0v) is 10.2. The Morgan fingerprint density at radius 2 is 2.33 bits per heavy atom. The van der Waals surface area contributed by atoms with Crippen LogP contribution in [0.4, 0.5) is 0 Å². The number of nitrogens with zero attached hydrogens (tertiary/aromatic N) is 1. The first-order chi connectivity index (χ1) is 8.54. The molecule has 1 aromatic carbocycles. The van der Waals surface area contributed by atoms with Gasteiger partial charge in [0, 0.05) is 13.1 Å². The molecule has 0 saturated carbocycles. The van der Waals surface area contributed by atoms with Crippen molar-refractivity contribution >= 4 is 17.6 Å². The molecule has 1 aliphatic rings. The normalized spacial score (nSPS) is 16.4. The molecule has 0 bridgehead atoms. The molecular weight excluding hydrogens is 256 g/mol. The zero-order chi connectivity index (χ0) is 13.2. The van der Waals surface area contributed by atoms with E-state index in [2.05, 4.69) is 5.32 Å². The summed E-state index contributed by atoms with van der Waals surface area (Å²) in [7, 11) is 0. The Bertz CT molecular complexity index is 521. The molecule has 1 fully saturated rings. The average molecular weight is 267 g/mol. The minimum atomic E-state index is -0.915. The van der Waals surface area contributed by atoms with Gasteiger partial charge in [0.1, 0.15) is 11.4 Å². The van der Waals surface area contributed by atoms with Crippen molar-refractivity contribution in [3.63, 3.8) is 0 Å². The largest absolute Gasteiger partial charge is 0.482 e. The maximum atomic E-state index is 10.8. The van der Waals surface area contributed by atoms with Crippen LogP contribution in [0, 0.1) is 11.3 Å². The number of hydrogen-bond acceptors (Lipinski definition) is 4. The van der Waals surface area contributed by atoms with Gasteiger partial charge < -0.3 is 15.2 Å². The number of nitriles is 1. The summed E-state index contributed by atoms with van der Waals surface area (Å²) >= 11 is 5.99. The van der Waals surface area contributed by atoms with Gasteiger partial charge in [0.25, 0.3) is 0 Å². The zero-order valence-electron chi connectivity index (χ0n) is 9.44. The summed E-state index contributed by atoms with van der Waals surface area (Å²) in [6.45, 7) is 0.936. The van der Waals surface area contributed by atoms with Gasteiger partial charge in [0.05, 0.1) is 23.1 Å². The Morgan fingerprint density at radius 3 is 2.78 bits per heavy atom. The van der Waals surface area contributed by atoms with E-state index in [-0.39, 0.29) is 6.42 Å². The van der Waals surface area contributed by atoms with E-state index >= 15 is 0 Å². The lowest BCUT2D eigenvalue weighted by atomic mass is 9.92. The van der Waals surface area contributed by atoms with Gasteiger partial charge in [-0.3, -0.25) is 4.79 Å². The van der Waals surface area contributed by atoms with Crippen LogP contribution < -0.4 is 10.1 Å². The summed E-state index contributed by atoms with van der Waals surface area (Å²) in [5.74, 6) is -0.514. The van der Waals surface area contributed by atoms with Gasteiger partial charge >= 0.3 is 5.97 Å². The third-order valence-corrected chi connectivity index (χ3v) is 3.05. The van der Waals surface area contributed by atoms with Gasteiger partial charge in [-0.15, -0.1) is 0 Å². The lowest BCUT2D eigenvalue weighted by molar-refractivity contribution is -0.143. The maximum absolute atomic E-state index is 10.8. The summed E-state index contributed by atoms with van der Waals surface area (Å²) in [5, 5.41) is 20.9. The lowest BCUT2D eigenvalue weighted by Crippen LogP contribution is -2.64. The number of benzene rings is 1. The van der Waals surface area contributed by atoms with E-state index < -0.39 is 11.6 Å². The molecule has 6 heteroatoms. The molecule has 0 atom stereocenters. The Balaban J connectivity index is 2.18. The highest BCUT2D eigenvalue weighted by Gasteiger charge is 2.42. The average Bonchev–Trinajstić information content (AvgIpc) is 2.28. The van der Waals surface area contributed by atoms with Crippen molar-refractivity contribution in [3.8, 4) is 11.8 Å². The van der Waals surface area contributed by atoms with Crippen molar-refractivity contribution in [3.05, 3.63) is 28.8 Å². The first-order valence-corrected chi connectivity index (χ1v) is 5.74. The molecule has 94 valence electrons. The summed E-state index contributed by atoms with van der Waals surface area (Å²) in [5.41, 5.74) is -0.310. The van der Waals surface area contributed by atoms with Gasteiger partial charge in [-0.05, 0) is 18.2 Å². The standard InChI is InChI=1S/C12H11ClN2O3/c13-9-3-8(5-14)1-2-10(9)18-12(4-11(16)17)6-15-7-12/h1-3,15H,4,6-7H2,(H,16,17). The van der Waals surface area contributed by atoms with Crippen molar-refractivity contribution in [2.75, 3.05) is 13.1 Å². The van der Waals surface area contributed by atoms with Crippen LogP contribution in [0.25, 0.3) is 0 Å². The predicted octanol–water partition coefficient (Wildman–Crippen LogP) is 1.41. The number of carboxylic acid groups (broad SMARTS) is 1. The number of carboxylic acids is 1. The second-order valence-electron chi connectivity index (χ2n) is 4.22. The molecule has 2 N–H and O–H groups in total. The number of halogens is 1. The molecule has 1 aromatic rings. The number of carbonyl (C=O) groups is 1. The highest BCUT2D eigenvalue weighted by Crippen LogP contribution is 2.31. The van der Waals surface area contributed by atoms with Crippen LogP contribution in [-0.2, 0) is 4.79 Å². The van der Waals surface area contributed by atoms with Gasteiger partial charge in [0.15, 0.2) is 0 Å². The smallest absolute Gasteiger partial charge is 0.307 e. The van der Waals surface area contributed by atoms with Crippen LogP contribution in [0.2, 0.25) is 5.02 Å². The highest BCUT2D eigenvalue weighted by molar-refractivity contribution is 6.32. The van der Waals surface area contributed by atoms with Crippen LogP contribution in [0.1, 0.15) is 12.0 Å². The number of aliphatic carboxylic acids is 1. The fraction of sp³-hybridized carbons (Fsp3) is 0.333. The highest BCUT2D eigenvalue weighted by atomic mass is 35.5. The monoisotopic (exact) mass is 266 g/mol. The molecule has 0 aromatic heterocycles. The molecule has 2 rings (SSSR count). The fourth-order valence-corrected chi connectivity index (χ4v) is 2.02. The van der Waals surface area contributed by atoms with Crippen molar-refractivity contribution < 1.29 is 14.6 Å². The maximum Gasteiger partial charge on any atom is 0.307 e. The molecule has 0 aliphatic carbocycles. The summed E-state index contributed by atoms with van der Waals surface area (Å²) < 4.78 is 5.69. The number of rotatable bonds is 4. The first-order valence-electron chi connectivity index (χ1n) is 5.36. The van der Waals surface area contributed by atoms with Crippen LogP contribution in [0.5, 0.6) is 5.75 Å². The molecule has 18 heavy (non-hydrogen) atoms. The minimum absolute atomic E-state index is 0.0870. The van der Waals surface area contributed by atoms with E-state index in [4.69, 9.17) is 26.7 Å². The molecule has 0 radical (unpaired) electrons. The first kappa shape index (κ1) is 12.7. The molecule has 1 saturated heterocycles. The molecule has 0 spiro atoms. The van der Waals surface area contributed by atoms with E-state index in [0.29, 0.717) is 29.4 Å². The Hall–Kier alpha value is -1.77. The summed E-state index contributed by atoms with van der Waals surface area (Å²) in [6.07, 6.45) is -0.0870. The van der Waals surface area contributed by atoms with Crippen molar-refractivity contribution in [1.29, 1.82) is 5.26 Å². The fourth-order valence-electron chi connectivity index (χ4n) is 1.80. The summed E-state index contributed by atoms with van der Waals surface area (Å²) in [4.78, 5) is 10.8. The molecule has 1 aliphatic heterocycles. The van der Waals surface area contributed by atoms with Crippen molar-refractivity contribution in [2.45, 2.75) is 12.0 Å². The van der Waals surface area contributed by atoms with Gasteiger partial charge in [-0.1, -0.05) is 11.6 Å². The second-order valence-corrected chi connectivity index (χ2v) is 4.62. The Kier molecular flexibility index (Phi) is 3.41. The summed E-state index contributed by atoms with van der Waals surface area (Å²) in [6, 6.07) is 6.64. The second kappa shape index (κ2) is 4.84. The third kappa shape index (κ3) is 2.55. The van der Waals surface area contributed by atoms with Gasteiger partial charge in [-0.25, -0.2) is 0 Å². The molecule has 5 nitrogen and oxygen atoms in total.